The molecule has 18 heavy (non-hydrogen) atoms. The molecule has 0 radical (unpaired) electrons. The highest BCUT2D eigenvalue weighted by molar-refractivity contribution is 7.80. The minimum Gasteiger partial charge on any atom is -0.361 e. The molecule has 1 aromatic rings. The average molecular weight is 262 g/mol. The number of benzene rings is 1. The summed E-state index contributed by atoms with van der Waals surface area (Å²) in [6.07, 6.45) is 0.829. The summed E-state index contributed by atoms with van der Waals surface area (Å²) >= 11 is 5.30. The molecule has 3 nitrogen and oxygen atoms in total. The smallest absolute Gasteiger partial charge is 0.238 e. The van der Waals surface area contributed by atoms with Crippen molar-refractivity contribution in [3.05, 3.63) is 29.3 Å². The molecular weight excluding hydrogens is 244 g/mol. The Morgan fingerprint density at radius 3 is 2.56 bits per heavy atom. The standard InChI is InChI=1S/C14H18N2OS/c1-4-11-8-15-14(18)16(13(11)17)12-9(2)6-5-7-10(12)3/h5-7,11H,4,8H2,1-3H3,(H,15,18). The Labute approximate surface area is 113 Å². The minimum atomic E-state index is 0.00991. The molecule has 0 aromatic heterocycles. The van der Waals surface area contributed by atoms with Crippen molar-refractivity contribution in [1.82, 2.24) is 5.32 Å². The molecule has 1 aromatic carbocycles. The number of nitrogens with zero attached hydrogens (tertiary/aromatic N) is 1. The first-order valence-electron chi connectivity index (χ1n) is 6.24. The molecular formula is C14H18N2OS. The van der Waals surface area contributed by atoms with E-state index in [9.17, 15) is 4.79 Å². The maximum absolute atomic E-state index is 12.5. The largest absolute Gasteiger partial charge is 0.361 e. The van der Waals surface area contributed by atoms with Gasteiger partial charge in [-0.2, -0.15) is 0 Å². The van der Waals surface area contributed by atoms with Crippen molar-refractivity contribution in [3.8, 4) is 0 Å². The molecule has 1 N–H and O–H groups in total. The van der Waals surface area contributed by atoms with Crippen LogP contribution < -0.4 is 10.2 Å². The molecule has 1 saturated heterocycles. The van der Waals surface area contributed by atoms with E-state index in [1.54, 1.807) is 4.90 Å². The molecule has 1 atom stereocenters. The van der Waals surface area contributed by atoms with Crippen LogP contribution in [0.1, 0.15) is 24.5 Å². The van der Waals surface area contributed by atoms with Crippen molar-refractivity contribution in [3.63, 3.8) is 0 Å². The van der Waals surface area contributed by atoms with E-state index >= 15 is 0 Å². The first-order chi connectivity index (χ1) is 8.56. The van der Waals surface area contributed by atoms with Gasteiger partial charge in [-0.25, -0.2) is 0 Å². The third-order valence-corrected chi connectivity index (χ3v) is 3.76. The number of thiocarbonyl (C=S) groups is 1. The molecule has 1 aliphatic heterocycles. The summed E-state index contributed by atoms with van der Waals surface area (Å²) in [5.41, 5.74) is 3.08. The number of hydrogen-bond donors (Lipinski definition) is 1. The number of aryl methyl sites for hydroxylation is 2. The predicted octanol–water partition coefficient (Wildman–Crippen LogP) is 2.55. The third kappa shape index (κ3) is 2.12. The minimum absolute atomic E-state index is 0.00991. The summed E-state index contributed by atoms with van der Waals surface area (Å²) in [5, 5.41) is 3.67. The SMILES string of the molecule is CCC1CNC(=S)N(c2c(C)cccc2C)C1=O. The second kappa shape index (κ2) is 5.06. The topological polar surface area (TPSA) is 32.3 Å². The van der Waals surface area contributed by atoms with E-state index in [1.165, 1.54) is 0 Å². The average Bonchev–Trinajstić information content (AvgIpc) is 2.33. The van der Waals surface area contributed by atoms with Crippen LogP contribution in [-0.2, 0) is 4.79 Å². The number of anilines is 1. The van der Waals surface area contributed by atoms with Crippen LogP contribution >= 0.6 is 12.2 Å². The van der Waals surface area contributed by atoms with Gasteiger partial charge in [0.05, 0.1) is 11.6 Å². The van der Waals surface area contributed by atoms with Gasteiger partial charge in [0, 0.05) is 6.54 Å². The fourth-order valence-corrected chi connectivity index (χ4v) is 2.61. The van der Waals surface area contributed by atoms with Crippen molar-refractivity contribution in [2.75, 3.05) is 11.4 Å². The van der Waals surface area contributed by atoms with Crippen molar-refractivity contribution in [2.45, 2.75) is 27.2 Å². The highest BCUT2D eigenvalue weighted by Gasteiger charge is 2.33. The van der Waals surface area contributed by atoms with Gasteiger partial charge in [0.25, 0.3) is 0 Å². The Bertz CT molecular complexity index is 478. The van der Waals surface area contributed by atoms with E-state index in [-0.39, 0.29) is 11.8 Å². The Kier molecular flexibility index (Phi) is 3.66. The molecule has 1 fully saturated rings. The van der Waals surface area contributed by atoms with Gasteiger partial charge < -0.3 is 5.32 Å². The zero-order chi connectivity index (χ0) is 13.3. The number of carbonyl (C=O) groups is 1. The lowest BCUT2D eigenvalue weighted by atomic mass is 10.0. The summed E-state index contributed by atoms with van der Waals surface area (Å²) in [6, 6.07) is 6.01. The Morgan fingerprint density at radius 1 is 1.39 bits per heavy atom. The Hall–Kier alpha value is -1.42. The van der Waals surface area contributed by atoms with Gasteiger partial charge in [-0.05, 0) is 43.6 Å². The third-order valence-electron chi connectivity index (χ3n) is 3.43. The number of amides is 1. The number of rotatable bonds is 2. The summed E-state index contributed by atoms with van der Waals surface area (Å²) in [6.45, 7) is 6.69. The molecule has 0 bridgehead atoms. The van der Waals surface area contributed by atoms with Crippen molar-refractivity contribution in [1.29, 1.82) is 0 Å². The second-order valence-electron chi connectivity index (χ2n) is 4.71. The van der Waals surface area contributed by atoms with Gasteiger partial charge in [0.2, 0.25) is 5.91 Å². The van der Waals surface area contributed by atoms with E-state index < -0.39 is 0 Å². The highest BCUT2D eigenvalue weighted by Crippen LogP contribution is 2.28. The monoisotopic (exact) mass is 262 g/mol. The van der Waals surface area contributed by atoms with Crippen molar-refractivity contribution < 1.29 is 4.79 Å². The van der Waals surface area contributed by atoms with E-state index in [0.717, 1.165) is 23.2 Å². The fraction of sp³-hybridized carbons (Fsp3) is 0.429. The lowest BCUT2D eigenvalue weighted by molar-refractivity contribution is -0.121. The lowest BCUT2D eigenvalue weighted by Gasteiger charge is -2.34. The molecule has 0 saturated carbocycles. The van der Waals surface area contributed by atoms with Gasteiger partial charge >= 0.3 is 0 Å². The zero-order valence-corrected chi connectivity index (χ0v) is 11.8. The maximum atomic E-state index is 12.5. The van der Waals surface area contributed by atoms with Gasteiger partial charge in [0.1, 0.15) is 0 Å². The van der Waals surface area contributed by atoms with Crippen LogP contribution in [0, 0.1) is 19.8 Å². The van der Waals surface area contributed by atoms with Crippen LogP contribution in [0.25, 0.3) is 0 Å². The first-order valence-corrected chi connectivity index (χ1v) is 6.65. The molecule has 2 rings (SSSR count). The zero-order valence-electron chi connectivity index (χ0n) is 11.0. The molecule has 4 heteroatoms. The predicted molar refractivity (Wildman–Crippen MR) is 77.8 cm³/mol. The van der Waals surface area contributed by atoms with Crippen LogP contribution in [0.3, 0.4) is 0 Å². The van der Waals surface area contributed by atoms with Crippen molar-refractivity contribution >= 4 is 28.9 Å². The van der Waals surface area contributed by atoms with Crippen LogP contribution in [0.4, 0.5) is 5.69 Å². The van der Waals surface area contributed by atoms with Crippen LogP contribution in [-0.4, -0.2) is 17.6 Å². The first kappa shape index (κ1) is 13.0. The highest BCUT2D eigenvalue weighted by atomic mass is 32.1. The summed E-state index contributed by atoms with van der Waals surface area (Å²) in [4.78, 5) is 14.1. The summed E-state index contributed by atoms with van der Waals surface area (Å²) in [5.74, 6) is 0.120. The normalized spacial score (nSPS) is 19.9. The molecule has 1 unspecified atom stereocenters. The Morgan fingerprint density at radius 2 is 2.00 bits per heavy atom. The number of nitrogens with one attached hydrogen (secondary N) is 1. The maximum Gasteiger partial charge on any atom is 0.238 e. The van der Waals surface area contributed by atoms with Gasteiger partial charge in [-0.1, -0.05) is 25.1 Å². The Balaban J connectivity index is 2.47. The molecule has 96 valence electrons. The molecule has 1 amide bonds. The van der Waals surface area contributed by atoms with E-state index in [1.807, 2.05) is 39.0 Å². The van der Waals surface area contributed by atoms with E-state index in [0.29, 0.717) is 11.7 Å². The van der Waals surface area contributed by atoms with Crippen LogP contribution in [0.15, 0.2) is 18.2 Å². The lowest BCUT2D eigenvalue weighted by Crippen LogP contribution is -2.55. The molecule has 1 aliphatic rings. The number of carbonyl (C=O) groups excluding carboxylic acids is 1. The van der Waals surface area contributed by atoms with Gasteiger partial charge in [-0.15, -0.1) is 0 Å². The van der Waals surface area contributed by atoms with Gasteiger partial charge in [-0.3, -0.25) is 9.69 Å². The fourth-order valence-electron chi connectivity index (χ4n) is 2.35. The number of para-hydroxylation sites is 1. The summed E-state index contributed by atoms with van der Waals surface area (Å²) in [7, 11) is 0. The van der Waals surface area contributed by atoms with Gasteiger partial charge in [0.15, 0.2) is 5.11 Å². The van der Waals surface area contributed by atoms with Crippen LogP contribution in [0.2, 0.25) is 0 Å². The van der Waals surface area contributed by atoms with E-state index in [2.05, 4.69) is 5.32 Å². The van der Waals surface area contributed by atoms with Crippen molar-refractivity contribution in [2.24, 2.45) is 5.92 Å². The molecule has 0 aliphatic carbocycles. The summed E-state index contributed by atoms with van der Waals surface area (Å²) < 4.78 is 0. The van der Waals surface area contributed by atoms with E-state index in [4.69, 9.17) is 12.2 Å². The quantitative estimate of drug-likeness (QED) is 0.831. The van der Waals surface area contributed by atoms with Crippen LogP contribution in [0.5, 0.6) is 0 Å². The molecule has 1 heterocycles. The second-order valence-corrected chi connectivity index (χ2v) is 5.09. The molecule has 0 spiro atoms. The number of hydrogen-bond acceptors (Lipinski definition) is 2.